The van der Waals surface area contributed by atoms with E-state index in [0.29, 0.717) is 13.2 Å². The van der Waals surface area contributed by atoms with E-state index in [1.807, 2.05) is 161 Å². The molecule has 360 valence electrons. The van der Waals surface area contributed by atoms with Crippen molar-refractivity contribution in [2.45, 2.75) is 27.7 Å². The first-order valence-electron chi connectivity index (χ1n) is 23.7. The van der Waals surface area contributed by atoms with Crippen LogP contribution in [0.5, 0.6) is 11.5 Å². The third-order valence-corrected chi connectivity index (χ3v) is 11.4. The Kier molecular flexibility index (Phi) is 16.8. The van der Waals surface area contributed by atoms with Gasteiger partial charge in [0.1, 0.15) is 57.6 Å². The summed E-state index contributed by atoms with van der Waals surface area (Å²) in [6.07, 6.45) is 16.4. The van der Waals surface area contributed by atoms with Crippen LogP contribution < -0.4 is 9.47 Å². The highest BCUT2D eigenvalue weighted by atomic mass is 19.1. The zero-order valence-electron chi connectivity index (χ0n) is 40.5. The Bertz CT molecular complexity index is 2810. The van der Waals surface area contributed by atoms with Crippen LogP contribution in [-0.2, 0) is 18.9 Å². The molecule has 4 aliphatic heterocycles. The Morgan fingerprint density at radius 1 is 0.389 bits per heavy atom. The normalized spacial score (nSPS) is 14.9. The molecule has 0 bridgehead atoms. The molecule has 0 saturated heterocycles. The van der Waals surface area contributed by atoms with E-state index in [9.17, 15) is 4.32 Å². The van der Waals surface area contributed by atoms with Crippen molar-refractivity contribution in [2.75, 3.05) is 13.2 Å². The van der Waals surface area contributed by atoms with Gasteiger partial charge in [0.2, 0.25) is 0 Å². The molecular formula is C62H54BFO8. The Morgan fingerprint density at radius 2 is 0.667 bits per heavy atom. The molecule has 0 unspecified atom stereocenters. The highest BCUT2D eigenvalue weighted by Crippen LogP contribution is 2.39. The van der Waals surface area contributed by atoms with Gasteiger partial charge in [-0.1, -0.05) is 146 Å². The largest absolute Gasteiger partial charge is 0.674 e. The van der Waals surface area contributed by atoms with E-state index in [-0.39, 0.29) is 0 Å². The fourth-order valence-electron chi connectivity index (χ4n) is 8.03. The maximum atomic E-state index is 10.1. The van der Waals surface area contributed by atoms with Crippen LogP contribution in [0.4, 0.5) is 4.32 Å². The van der Waals surface area contributed by atoms with Gasteiger partial charge in [0.15, 0.2) is 0 Å². The van der Waals surface area contributed by atoms with Crippen LogP contribution in [0.15, 0.2) is 253 Å². The summed E-state index contributed by atoms with van der Waals surface area (Å²) in [6.45, 7) is 9.28. The van der Waals surface area contributed by atoms with Crippen LogP contribution >= 0.6 is 0 Å². The summed E-state index contributed by atoms with van der Waals surface area (Å²) in [5.41, 5.74) is 10.3. The van der Waals surface area contributed by atoms with Crippen LogP contribution in [-0.4, -0.2) is 30.7 Å². The highest BCUT2D eigenvalue weighted by Gasteiger charge is 2.22. The monoisotopic (exact) mass is 956 g/mol. The quantitative estimate of drug-likeness (QED) is 0.131. The smallest absolute Gasteiger partial charge is 0.494 e. The molecule has 0 aromatic heterocycles. The molecule has 0 spiro atoms. The Hall–Kier alpha value is -8.57. The van der Waals surface area contributed by atoms with Crippen molar-refractivity contribution in [1.82, 2.24) is 0 Å². The van der Waals surface area contributed by atoms with Crippen molar-refractivity contribution in [3.63, 3.8) is 0 Å². The predicted octanol–water partition coefficient (Wildman–Crippen LogP) is 14.5. The van der Waals surface area contributed by atoms with E-state index in [1.165, 1.54) is 0 Å². The Morgan fingerprint density at radius 3 is 0.917 bits per heavy atom. The summed E-state index contributed by atoms with van der Waals surface area (Å²) in [7, 11) is -2.67. The van der Waals surface area contributed by atoms with Crippen molar-refractivity contribution in [2.24, 2.45) is 0 Å². The lowest BCUT2D eigenvalue weighted by atomic mass is 10.00. The third kappa shape index (κ3) is 13.0. The van der Waals surface area contributed by atoms with Crippen LogP contribution in [0.1, 0.15) is 61.1 Å². The van der Waals surface area contributed by atoms with E-state index in [4.69, 9.17) is 38.5 Å². The number of hydrogen-bond donors (Lipinski definition) is 2. The van der Waals surface area contributed by atoms with Gasteiger partial charge in [0.05, 0.1) is 13.2 Å². The number of benzene rings is 6. The summed E-state index contributed by atoms with van der Waals surface area (Å²) in [4.78, 5) is 0. The van der Waals surface area contributed by atoms with Crippen molar-refractivity contribution in [1.29, 1.82) is 0 Å². The molecule has 2 N–H and O–H groups in total. The van der Waals surface area contributed by atoms with Gasteiger partial charge in [-0.2, -0.15) is 0 Å². The fraction of sp³-hybridized carbons (Fsp3) is 0.0968. The van der Waals surface area contributed by atoms with E-state index < -0.39 is 7.40 Å². The summed E-state index contributed by atoms with van der Waals surface area (Å²) < 4.78 is 46.5. The van der Waals surface area contributed by atoms with Crippen LogP contribution in [0.25, 0.3) is 34.2 Å². The zero-order valence-corrected chi connectivity index (χ0v) is 40.5. The lowest BCUT2D eigenvalue weighted by Gasteiger charge is -2.22. The number of halogens is 1. The molecule has 0 fully saturated rings. The molecule has 0 aliphatic carbocycles. The lowest BCUT2D eigenvalue weighted by molar-refractivity contribution is 0.318. The maximum Gasteiger partial charge on any atom is 0.674 e. The molecule has 6 aromatic rings. The van der Waals surface area contributed by atoms with E-state index in [2.05, 4.69) is 84.9 Å². The molecule has 0 saturated carbocycles. The molecular weight excluding hydrogens is 902 g/mol. The molecule has 0 radical (unpaired) electrons. The van der Waals surface area contributed by atoms with Crippen LogP contribution in [0.3, 0.4) is 0 Å². The SMILES string of the molecule is CCOc1ccc(C2=C(C)OC(=C3C=C(c4ccccc4)OC(c4ccccc4)=C3)C=C2)cc1.CCOc1ccc(C2=C(C)OC(=C3C=C(c4ccccc4)OC(c4ccccc4)=C3)C=C2)cc1.OB(O)F. The second-order valence-electron chi connectivity index (χ2n) is 16.4. The molecule has 4 aliphatic rings. The number of hydrogen-bond acceptors (Lipinski definition) is 8. The second kappa shape index (κ2) is 24.3. The summed E-state index contributed by atoms with van der Waals surface area (Å²) >= 11 is 0. The van der Waals surface area contributed by atoms with Gasteiger partial charge in [0, 0.05) is 44.5 Å². The summed E-state index contributed by atoms with van der Waals surface area (Å²) in [5.74, 6) is 8.19. The van der Waals surface area contributed by atoms with Gasteiger partial charge >= 0.3 is 7.40 Å². The third-order valence-electron chi connectivity index (χ3n) is 11.4. The van der Waals surface area contributed by atoms with E-state index in [0.717, 1.165) is 113 Å². The first kappa shape index (κ1) is 49.8. The molecule has 8 nitrogen and oxygen atoms in total. The topological polar surface area (TPSA) is 95.8 Å². The van der Waals surface area contributed by atoms with E-state index in [1.54, 1.807) is 0 Å². The minimum absolute atomic E-state index is 0.654. The molecule has 72 heavy (non-hydrogen) atoms. The molecule has 6 aromatic carbocycles. The predicted molar refractivity (Wildman–Crippen MR) is 286 cm³/mol. The number of ether oxygens (including phenoxy) is 6. The zero-order chi connectivity index (χ0) is 50.2. The number of rotatable bonds is 10. The highest BCUT2D eigenvalue weighted by molar-refractivity contribution is 6.31. The van der Waals surface area contributed by atoms with Crippen molar-refractivity contribution >= 4 is 41.6 Å². The molecule has 4 heterocycles. The van der Waals surface area contributed by atoms with Crippen LogP contribution in [0, 0.1) is 0 Å². The summed E-state index contributed by atoms with van der Waals surface area (Å²) in [6, 6.07) is 56.7. The fourth-order valence-corrected chi connectivity index (χ4v) is 8.03. The van der Waals surface area contributed by atoms with Gasteiger partial charge in [-0.25, -0.2) is 0 Å². The van der Waals surface area contributed by atoms with Crippen LogP contribution in [0.2, 0.25) is 0 Å². The molecule has 0 atom stereocenters. The minimum atomic E-state index is -2.67. The average molecular weight is 957 g/mol. The Labute approximate surface area is 421 Å². The summed E-state index contributed by atoms with van der Waals surface area (Å²) in [5, 5.41) is 13.9. The average Bonchev–Trinajstić information content (AvgIpc) is 3.42. The first-order valence-corrected chi connectivity index (χ1v) is 23.7. The van der Waals surface area contributed by atoms with Gasteiger partial charge in [-0.3, -0.25) is 4.32 Å². The molecule has 10 heteroatoms. The molecule has 0 amide bonds. The van der Waals surface area contributed by atoms with Gasteiger partial charge < -0.3 is 38.5 Å². The standard InChI is InChI=1S/2C31H26O3.BFH2O2/c2*1-3-32-27-16-14-23(15-17-27)28-18-19-29(33-22(28)2)26-20-30(24-10-6-4-7-11-24)34-31(21-26)25-12-8-5-9-13-25;2-1(3)4/h2*4-21H,3H2,1-2H3;3-4H. The second-order valence-corrected chi connectivity index (χ2v) is 16.4. The lowest BCUT2D eigenvalue weighted by Crippen LogP contribution is -2.04. The van der Waals surface area contributed by atoms with Crippen molar-refractivity contribution in [3.8, 4) is 11.5 Å². The van der Waals surface area contributed by atoms with E-state index >= 15 is 0 Å². The van der Waals surface area contributed by atoms with Crippen molar-refractivity contribution in [3.05, 3.63) is 286 Å². The minimum Gasteiger partial charge on any atom is -0.494 e. The van der Waals surface area contributed by atoms with Gasteiger partial charge in [-0.15, -0.1) is 0 Å². The van der Waals surface area contributed by atoms with Gasteiger partial charge in [-0.05, 0) is 112 Å². The first-order chi connectivity index (χ1) is 35.1. The Balaban J connectivity index is 0.000000179. The maximum absolute atomic E-state index is 10.1. The molecule has 10 rings (SSSR count). The van der Waals surface area contributed by atoms with Crippen molar-refractivity contribution < 1.29 is 42.8 Å². The number of allylic oxidation sites excluding steroid dienone is 14. The van der Waals surface area contributed by atoms with Gasteiger partial charge in [0.25, 0.3) is 0 Å².